The number of pyridine rings is 1. The van der Waals surface area contributed by atoms with E-state index in [1.165, 1.54) is 6.20 Å². The zero-order chi connectivity index (χ0) is 15.4. The minimum atomic E-state index is -0.534. The van der Waals surface area contributed by atoms with E-state index in [1.807, 2.05) is 13.8 Å². The van der Waals surface area contributed by atoms with Gasteiger partial charge in [0.05, 0.1) is 5.56 Å². The summed E-state index contributed by atoms with van der Waals surface area (Å²) in [6.45, 7) is 3.83. The number of nitrogens with one attached hydrogen (secondary N) is 3. The van der Waals surface area contributed by atoms with Gasteiger partial charge in [0.1, 0.15) is 6.04 Å². The number of aromatic nitrogens is 3. The Morgan fingerprint density at radius 1 is 1.43 bits per heavy atom. The predicted molar refractivity (Wildman–Crippen MR) is 78.9 cm³/mol. The van der Waals surface area contributed by atoms with Gasteiger partial charge < -0.3 is 10.6 Å². The maximum Gasteiger partial charge on any atom is 0.253 e. The van der Waals surface area contributed by atoms with Gasteiger partial charge >= 0.3 is 0 Å². The van der Waals surface area contributed by atoms with Crippen molar-refractivity contribution in [1.29, 1.82) is 0 Å². The van der Waals surface area contributed by atoms with Crippen LogP contribution in [-0.4, -0.2) is 40.1 Å². The Morgan fingerprint density at radius 3 is 2.86 bits per heavy atom. The summed E-state index contributed by atoms with van der Waals surface area (Å²) in [6, 6.07) is 1.19. The number of hydrogen-bond acceptors (Lipinski definition) is 4. The van der Waals surface area contributed by atoms with Crippen molar-refractivity contribution in [2.24, 2.45) is 0 Å². The average Bonchev–Trinajstić information content (AvgIpc) is 2.86. The third kappa shape index (κ3) is 3.18. The highest BCUT2D eigenvalue weighted by Gasteiger charge is 2.20. The number of amides is 2. The van der Waals surface area contributed by atoms with Crippen LogP contribution in [0.25, 0.3) is 11.0 Å². The van der Waals surface area contributed by atoms with Gasteiger partial charge in [-0.1, -0.05) is 13.3 Å². The molecule has 2 aromatic rings. The van der Waals surface area contributed by atoms with Crippen molar-refractivity contribution in [3.63, 3.8) is 0 Å². The number of rotatable bonds is 5. The number of aromatic amines is 1. The fourth-order valence-electron chi connectivity index (χ4n) is 2.12. The monoisotopic (exact) mass is 289 g/mol. The van der Waals surface area contributed by atoms with E-state index in [2.05, 4.69) is 25.8 Å². The van der Waals surface area contributed by atoms with E-state index in [9.17, 15) is 9.59 Å². The molecule has 2 aromatic heterocycles. The fourth-order valence-corrected chi connectivity index (χ4v) is 2.12. The maximum atomic E-state index is 12.3. The van der Waals surface area contributed by atoms with Gasteiger partial charge in [0.2, 0.25) is 5.91 Å². The summed E-state index contributed by atoms with van der Waals surface area (Å²) >= 11 is 0. The Hall–Kier alpha value is -2.44. The van der Waals surface area contributed by atoms with Gasteiger partial charge in [0.15, 0.2) is 5.65 Å². The third-order valence-corrected chi connectivity index (χ3v) is 3.31. The standard InChI is InChI=1S/C14H19N5O2/c1-4-5-11(14(21)15-3)17-13(20)9-6-10-8(2)18-19-12(10)16-7-9/h6-7,11H,4-5H2,1-3H3,(H,15,21)(H,17,20)(H,16,18,19)/t11-/m1/s1. The van der Waals surface area contributed by atoms with Gasteiger partial charge in [-0.25, -0.2) is 4.98 Å². The molecule has 0 spiro atoms. The second kappa shape index (κ2) is 6.34. The van der Waals surface area contributed by atoms with Crippen LogP contribution in [0.2, 0.25) is 0 Å². The van der Waals surface area contributed by atoms with Gasteiger partial charge in [-0.3, -0.25) is 14.7 Å². The number of likely N-dealkylation sites (N-methyl/N-ethyl adjacent to an activating group) is 1. The molecular weight excluding hydrogens is 270 g/mol. The Labute approximate surface area is 122 Å². The molecule has 2 rings (SSSR count). The van der Waals surface area contributed by atoms with Crippen LogP contribution in [0.4, 0.5) is 0 Å². The van der Waals surface area contributed by atoms with Gasteiger partial charge in [0, 0.05) is 24.3 Å². The molecule has 7 heteroatoms. The van der Waals surface area contributed by atoms with Crippen molar-refractivity contribution in [3.05, 3.63) is 23.5 Å². The summed E-state index contributed by atoms with van der Waals surface area (Å²) in [5.41, 5.74) is 1.83. The van der Waals surface area contributed by atoms with Crippen LogP contribution >= 0.6 is 0 Å². The Morgan fingerprint density at radius 2 is 2.19 bits per heavy atom. The van der Waals surface area contributed by atoms with Crippen LogP contribution in [0.1, 0.15) is 35.8 Å². The van der Waals surface area contributed by atoms with E-state index < -0.39 is 6.04 Å². The van der Waals surface area contributed by atoms with Crippen LogP contribution in [-0.2, 0) is 4.79 Å². The van der Waals surface area contributed by atoms with E-state index >= 15 is 0 Å². The lowest BCUT2D eigenvalue weighted by Gasteiger charge is -2.16. The van der Waals surface area contributed by atoms with E-state index in [0.717, 1.165) is 17.5 Å². The molecule has 0 saturated carbocycles. The Balaban J connectivity index is 2.20. The first-order valence-corrected chi connectivity index (χ1v) is 6.90. The second-order valence-electron chi connectivity index (χ2n) is 4.87. The molecule has 0 radical (unpaired) electrons. The van der Waals surface area contributed by atoms with Crippen LogP contribution in [0.15, 0.2) is 12.3 Å². The highest BCUT2D eigenvalue weighted by molar-refractivity contribution is 5.99. The third-order valence-electron chi connectivity index (χ3n) is 3.31. The maximum absolute atomic E-state index is 12.3. The number of carbonyl (C=O) groups excluding carboxylic acids is 2. The molecule has 0 unspecified atom stereocenters. The van der Waals surface area contributed by atoms with Crippen molar-refractivity contribution >= 4 is 22.8 Å². The van der Waals surface area contributed by atoms with Crippen LogP contribution in [0, 0.1) is 6.92 Å². The summed E-state index contributed by atoms with van der Waals surface area (Å²) < 4.78 is 0. The number of H-pyrrole nitrogens is 1. The summed E-state index contributed by atoms with van der Waals surface area (Å²) in [4.78, 5) is 28.1. The summed E-state index contributed by atoms with van der Waals surface area (Å²) in [5.74, 6) is -0.509. The summed E-state index contributed by atoms with van der Waals surface area (Å²) in [7, 11) is 1.56. The molecule has 112 valence electrons. The molecule has 2 amide bonds. The number of carbonyl (C=O) groups is 2. The minimum Gasteiger partial charge on any atom is -0.357 e. The lowest BCUT2D eigenvalue weighted by molar-refractivity contribution is -0.122. The number of fused-ring (bicyclic) bond motifs is 1. The molecule has 21 heavy (non-hydrogen) atoms. The van der Waals surface area contributed by atoms with E-state index in [1.54, 1.807) is 13.1 Å². The SMILES string of the molecule is CCC[C@@H](NC(=O)c1cnc2n[nH]c(C)c2c1)C(=O)NC. The van der Waals surface area contributed by atoms with E-state index in [4.69, 9.17) is 0 Å². The van der Waals surface area contributed by atoms with E-state index in [0.29, 0.717) is 17.6 Å². The smallest absolute Gasteiger partial charge is 0.253 e. The molecule has 0 fully saturated rings. The van der Waals surface area contributed by atoms with Crippen molar-refractivity contribution in [1.82, 2.24) is 25.8 Å². The first kappa shape index (κ1) is 15.0. The summed E-state index contributed by atoms with van der Waals surface area (Å²) in [6.07, 6.45) is 2.85. The quantitative estimate of drug-likeness (QED) is 0.761. The van der Waals surface area contributed by atoms with E-state index in [-0.39, 0.29) is 11.8 Å². The molecule has 0 saturated heterocycles. The van der Waals surface area contributed by atoms with Crippen molar-refractivity contribution < 1.29 is 9.59 Å². The molecular formula is C14H19N5O2. The van der Waals surface area contributed by atoms with Crippen LogP contribution < -0.4 is 10.6 Å². The minimum absolute atomic E-state index is 0.196. The largest absolute Gasteiger partial charge is 0.357 e. The van der Waals surface area contributed by atoms with Gasteiger partial charge in [-0.2, -0.15) is 5.10 Å². The van der Waals surface area contributed by atoms with Crippen molar-refractivity contribution in [2.45, 2.75) is 32.7 Å². The molecule has 2 heterocycles. The van der Waals surface area contributed by atoms with Gasteiger partial charge in [0.25, 0.3) is 5.91 Å². The van der Waals surface area contributed by atoms with Gasteiger partial charge in [-0.05, 0) is 19.4 Å². The highest BCUT2D eigenvalue weighted by Crippen LogP contribution is 2.14. The van der Waals surface area contributed by atoms with Crippen molar-refractivity contribution in [3.8, 4) is 0 Å². The fraction of sp³-hybridized carbons (Fsp3) is 0.429. The topological polar surface area (TPSA) is 99.8 Å². The zero-order valence-corrected chi connectivity index (χ0v) is 12.4. The number of aryl methyl sites for hydroxylation is 1. The lowest BCUT2D eigenvalue weighted by atomic mass is 10.1. The second-order valence-corrected chi connectivity index (χ2v) is 4.87. The molecule has 0 aromatic carbocycles. The molecule has 0 aliphatic carbocycles. The highest BCUT2D eigenvalue weighted by atomic mass is 16.2. The average molecular weight is 289 g/mol. The van der Waals surface area contributed by atoms with Crippen molar-refractivity contribution in [2.75, 3.05) is 7.05 Å². The normalized spacial score (nSPS) is 12.1. The first-order chi connectivity index (χ1) is 10.1. The van der Waals surface area contributed by atoms with Crippen LogP contribution in [0.5, 0.6) is 0 Å². The molecule has 3 N–H and O–H groups in total. The Bertz CT molecular complexity index is 664. The molecule has 1 atom stereocenters. The van der Waals surface area contributed by atoms with Crippen LogP contribution in [0.3, 0.4) is 0 Å². The molecule has 0 aliphatic rings. The lowest BCUT2D eigenvalue weighted by Crippen LogP contribution is -2.45. The predicted octanol–water partition coefficient (Wildman–Crippen LogP) is 0.911. The Kier molecular flexibility index (Phi) is 4.52. The molecule has 7 nitrogen and oxygen atoms in total. The number of hydrogen-bond donors (Lipinski definition) is 3. The number of nitrogens with zero attached hydrogens (tertiary/aromatic N) is 2. The zero-order valence-electron chi connectivity index (χ0n) is 12.4. The first-order valence-electron chi connectivity index (χ1n) is 6.90. The molecule has 0 aliphatic heterocycles. The summed E-state index contributed by atoms with van der Waals surface area (Å²) in [5, 5.41) is 12.9. The van der Waals surface area contributed by atoms with Gasteiger partial charge in [-0.15, -0.1) is 0 Å². The molecule has 0 bridgehead atoms.